The molecule has 0 unspecified atom stereocenters. The quantitative estimate of drug-likeness (QED) is 0.384. The Hall–Kier alpha value is -3.01. The predicted octanol–water partition coefficient (Wildman–Crippen LogP) is 6.20. The van der Waals surface area contributed by atoms with Gasteiger partial charge in [0.05, 0.1) is 22.3 Å². The monoisotopic (exact) mass is 569 g/mol. The summed E-state index contributed by atoms with van der Waals surface area (Å²) >= 11 is 0. The molecule has 210 valence electrons. The maximum atomic E-state index is 13.5. The second kappa shape index (κ2) is 9.03. The van der Waals surface area contributed by atoms with Crippen molar-refractivity contribution in [3.05, 3.63) is 69.8 Å². The minimum atomic E-state index is -5.54. The molecule has 0 spiro atoms. The molecule has 1 fully saturated rings. The summed E-state index contributed by atoms with van der Waals surface area (Å²) in [5.74, 6) is -2.14. The number of carboxylic acids is 1. The number of nitrogens with one attached hydrogen (secondary N) is 1. The lowest BCUT2D eigenvalue weighted by atomic mass is 9.68. The van der Waals surface area contributed by atoms with Crippen LogP contribution in [0.25, 0.3) is 0 Å². The van der Waals surface area contributed by atoms with Gasteiger partial charge in [0.2, 0.25) is 0 Å². The van der Waals surface area contributed by atoms with Crippen LogP contribution < -0.4 is 5.32 Å². The summed E-state index contributed by atoms with van der Waals surface area (Å²) in [4.78, 5) is 12.3. The van der Waals surface area contributed by atoms with Crippen LogP contribution in [0.5, 0.6) is 0 Å². The number of hydrogen-bond donors (Lipinski definition) is 3. The summed E-state index contributed by atoms with van der Waals surface area (Å²) in [5.41, 5.74) is -18.2. The molecule has 3 N–H and O–H groups in total. The Morgan fingerprint density at radius 3 is 1.13 bits per heavy atom. The minimum Gasteiger partial charge on any atom is -0.480 e. The zero-order chi connectivity index (χ0) is 29.1. The van der Waals surface area contributed by atoms with Crippen molar-refractivity contribution in [3.63, 3.8) is 0 Å². The number of aliphatic carboxylic acids is 1. The zero-order valence-corrected chi connectivity index (χ0v) is 18.4. The van der Waals surface area contributed by atoms with Gasteiger partial charge in [0.25, 0.3) is 0 Å². The van der Waals surface area contributed by atoms with Crippen molar-refractivity contribution in [2.75, 3.05) is 6.54 Å². The predicted molar refractivity (Wildman–Crippen MR) is 103 cm³/mol. The molecule has 0 aliphatic carbocycles. The molecule has 1 saturated heterocycles. The van der Waals surface area contributed by atoms with Crippen LogP contribution in [0.1, 0.15) is 46.2 Å². The number of halogens is 12. The van der Waals surface area contributed by atoms with E-state index in [-0.39, 0.29) is 37.2 Å². The minimum absolute atomic E-state index is 0.145. The van der Waals surface area contributed by atoms with Crippen molar-refractivity contribution in [1.82, 2.24) is 5.32 Å². The van der Waals surface area contributed by atoms with E-state index in [1.807, 2.05) is 0 Å². The van der Waals surface area contributed by atoms with E-state index in [1.165, 1.54) is 0 Å². The largest absolute Gasteiger partial charge is 0.480 e. The smallest absolute Gasteiger partial charge is 0.416 e. The first-order valence-electron chi connectivity index (χ1n) is 10.3. The van der Waals surface area contributed by atoms with E-state index in [0.717, 1.165) is 0 Å². The first-order valence-corrected chi connectivity index (χ1v) is 10.3. The topological polar surface area (TPSA) is 69.6 Å². The van der Waals surface area contributed by atoms with Crippen molar-refractivity contribution >= 4 is 5.97 Å². The van der Waals surface area contributed by atoms with Gasteiger partial charge in [-0.1, -0.05) is 0 Å². The molecule has 3 rings (SSSR count). The summed E-state index contributed by atoms with van der Waals surface area (Å²) in [5, 5.41) is 23.8. The number of rotatable bonds is 4. The van der Waals surface area contributed by atoms with E-state index in [2.05, 4.69) is 5.32 Å². The Bertz CT molecular complexity index is 1080. The van der Waals surface area contributed by atoms with Crippen LogP contribution >= 0.6 is 0 Å². The number of alkyl halides is 12. The van der Waals surface area contributed by atoms with Crippen LogP contribution in [0.4, 0.5) is 52.7 Å². The standard InChI is InChI=1S/C22H15F12NO3/c23-19(24,25)12-4-10(5-13(8-12)20(26,27)28)18(38,17(16(36)37)2-1-3-35-17)11-6-14(21(29,30)31)9-15(7-11)22(32,33)34/h4-9,35,38H,1-3H2,(H,36,37)/t17-/m1/s1. The first-order chi connectivity index (χ1) is 17.0. The van der Waals surface area contributed by atoms with Gasteiger partial charge in [-0.05, 0) is 66.9 Å². The number of carboxylic acid groups (broad SMARTS) is 1. The Morgan fingerprint density at radius 1 is 0.632 bits per heavy atom. The average molecular weight is 569 g/mol. The molecule has 2 aromatic carbocycles. The normalized spacial score (nSPS) is 19.6. The fourth-order valence-corrected chi connectivity index (χ4v) is 4.38. The molecular formula is C22H15F12NO3. The molecule has 1 aliphatic heterocycles. The van der Waals surface area contributed by atoms with Crippen LogP contribution in [-0.2, 0) is 35.1 Å². The second-order valence-electron chi connectivity index (χ2n) is 8.54. The van der Waals surface area contributed by atoms with Gasteiger partial charge >= 0.3 is 30.7 Å². The fourth-order valence-electron chi connectivity index (χ4n) is 4.38. The fraction of sp³-hybridized carbons (Fsp3) is 0.409. The molecule has 38 heavy (non-hydrogen) atoms. The zero-order valence-electron chi connectivity index (χ0n) is 18.4. The van der Waals surface area contributed by atoms with E-state index in [1.54, 1.807) is 0 Å². The van der Waals surface area contributed by atoms with E-state index in [9.17, 15) is 67.7 Å². The molecule has 1 atom stereocenters. The number of carbonyl (C=O) groups is 1. The summed E-state index contributed by atoms with van der Waals surface area (Å²) in [6.45, 7) is -0.342. The van der Waals surface area contributed by atoms with Crippen molar-refractivity contribution in [2.45, 2.75) is 48.7 Å². The van der Waals surface area contributed by atoms with Crippen LogP contribution in [0, 0.1) is 0 Å². The lowest BCUT2D eigenvalue weighted by Gasteiger charge is -2.43. The SMILES string of the molecule is O=C(O)[C@@]1(C(O)(c2cc(C(F)(F)F)cc(C(F)(F)F)c2)c2cc(C(F)(F)F)cc(C(F)(F)F)c2)CCCN1. The summed E-state index contributed by atoms with van der Waals surface area (Å²) < 4.78 is 162. The van der Waals surface area contributed by atoms with E-state index >= 15 is 0 Å². The highest BCUT2D eigenvalue weighted by molar-refractivity contribution is 5.83. The molecule has 0 aromatic heterocycles. The Balaban J connectivity index is 2.56. The highest BCUT2D eigenvalue weighted by Gasteiger charge is 2.61. The van der Waals surface area contributed by atoms with Gasteiger partial charge in [-0.15, -0.1) is 0 Å². The summed E-state index contributed by atoms with van der Waals surface area (Å²) in [6, 6.07) is -1.37. The second-order valence-corrected chi connectivity index (χ2v) is 8.54. The van der Waals surface area contributed by atoms with Gasteiger partial charge in [0.1, 0.15) is 5.60 Å². The van der Waals surface area contributed by atoms with Crippen molar-refractivity contribution in [2.24, 2.45) is 0 Å². The molecule has 0 saturated carbocycles. The van der Waals surface area contributed by atoms with Gasteiger partial charge < -0.3 is 10.2 Å². The molecule has 0 radical (unpaired) electrons. The highest BCUT2D eigenvalue weighted by Crippen LogP contribution is 2.49. The van der Waals surface area contributed by atoms with Crippen molar-refractivity contribution < 1.29 is 67.7 Å². The van der Waals surface area contributed by atoms with Crippen LogP contribution in [-0.4, -0.2) is 28.3 Å². The molecule has 0 bridgehead atoms. The number of benzene rings is 2. The molecule has 4 nitrogen and oxygen atoms in total. The maximum Gasteiger partial charge on any atom is 0.416 e. The number of hydrogen-bond acceptors (Lipinski definition) is 3. The summed E-state index contributed by atoms with van der Waals surface area (Å²) in [6.07, 6.45) is -23.1. The highest BCUT2D eigenvalue weighted by atomic mass is 19.4. The average Bonchev–Trinajstić information content (AvgIpc) is 3.27. The van der Waals surface area contributed by atoms with Crippen molar-refractivity contribution in [1.29, 1.82) is 0 Å². The Labute approximate surface area is 204 Å². The molecule has 1 aliphatic rings. The van der Waals surface area contributed by atoms with Crippen LogP contribution in [0.15, 0.2) is 36.4 Å². The Kier molecular flexibility index (Phi) is 7.02. The molecule has 16 heteroatoms. The number of aliphatic hydroxyl groups is 1. The summed E-state index contributed by atoms with van der Waals surface area (Å²) in [7, 11) is 0. The van der Waals surface area contributed by atoms with Gasteiger partial charge in [0.15, 0.2) is 5.54 Å². The first kappa shape index (κ1) is 29.5. The van der Waals surface area contributed by atoms with E-state index in [4.69, 9.17) is 0 Å². The lowest BCUT2D eigenvalue weighted by molar-refractivity contribution is -0.155. The van der Waals surface area contributed by atoms with E-state index in [0.29, 0.717) is 0 Å². The molecule has 0 amide bonds. The molecule has 1 heterocycles. The van der Waals surface area contributed by atoms with Gasteiger partial charge in [-0.2, -0.15) is 52.7 Å². The van der Waals surface area contributed by atoms with Gasteiger partial charge in [0, 0.05) is 0 Å². The van der Waals surface area contributed by atoms with Crippen LogP contribution in [0.2, 0.25) is 0 Å². The lowest BCUT2D eigenvalue weighted by Crippen LogP contribution is -2.63. The third-order valence-corrected chi connectivity index (χ3v) is 6.15. The maximum absolute atomic E-state index is 13.5. The van der Waals surface area contributed by atoms with Gasteiger partial charge in [-0.25, -0.2) is 0 Å². The van der Waals surface area contributed by atoms with Gasteiger partial charge in [-0.3, -0.25) is 10.1 Å². The molecule has 2 aromatic rings. The third kappa shape index (κ3) is 5.15. The third-order valence-electron chi connectivity index (χ3n) is 6.15. The Morgan fingerprint density at radius 2 is 0.921 bits per heavy atom. The molecular weight excluding hydrogens is 554 g/mol. The van der Waals surface area contributed by atoms with Crippen LogP contribution in [0.3, 0.4) is 0 Å². The van der Waals surface area contributed by atoms with Crippen molar-refractivity contribution in [3.8, 4) is 0 Å². The van der Waals surface area contributed by atoms with E-state index < -0.39 is 93.7 Å².